The summed E-state index contributed by atoms with van der Waals surface area (Å²) in [4.78, 5) is 23.0. The zero-order valence-electron chi connectivity index (χ0n) is 14.4. The molecular weight excluding hydrogens is 338 g/mol. The van der Waals surface area contributed by atoms with Crippen LogP contribution in [0.15, 0.2) is 29.8 Å². The van der Waals surface area contributed by atoms with Gasteiger partial charge in [-0.1, -0.05) is 6.07 Å². The van der Waals surface area contributed by atoms with Crippen LogP contribution in [0.4, 0.5) is 0 Å². The summed E-state index contributed by atoms with van der Waals surface area (Å²) in [5.41, 5.74) is 2.09. The monoisotopic (exact) mass is 361 g/mol. The van der Waals surface area contributed by atoms with Gasteiger partial charge in [0.1, 0.15) is 0 Å². The third-order valence-corrected chi connectivity index (χ3v) is 4.86. The Hall–Kier alpha value is -1.83. The summed E-state index contributed by atoms with van der Waals surface area (Å²) in [5.74, 6) is -0.194. The van der Waals surface area contributed by atoms with Crippen LogP contribution in [0.25, 0.3) is 0 Å². The summed E-state index contributed by atoms with van der Waals surface area (Å²) >= 11 is 1.67. The maximum Gasteiger partial charge on any atom is 0.308 e. The van der Waals surface area contributed by atoms with Crippen molar-refractivity contribution in [3.63, 3.8) is 0 Å². The van der Waals surface area contributed by atoms with Gasteiger partial charge in [0.25, 0.3) is 0 Å². The molecule has 1 atom stereocenters. The second kappa shape index (κ2) is 9.03. The van der Waals surface area contributed by atoms with E-state index < -0.39 is 0 Å². The Morgan fingerprint density at radius 1 is 1.44 bits per heavy atom. The van der Waals surface area contributed by atoms with Gasteiger partial charge in [0.05, 0.1) is 36.4 Å². The number of aromatic nitrogens is 2. The maximum atomic E-state index is 11.6. The number of esters is 1. The molecule has 0 saturated carbocycles. The molecule has 0 amide bonds. The standard InChI is InChI=1S/C18H23N3O3S/c1-2-23-18(22)10-16-12-21(7-8-24-16)11-15-13-25-17(20-15)9-14-5-3-4-6-19-14/h3-6,13,16H,2,7-12H2,1H3/t16-/m0/s1. The van der Waals surface area contributed by atoms with E-state index in [1.54, 1.807) is 17.5 Å². The van der Waals surface area contributed by atoms with Gasteiger partial charge in [-0.05, 0) is 19.1 Å². The van der Waals surface area contributed by atoms with Crippen LogP contribution in [0, 0.1) is 0 Å². The summed E-state index contributed by atoms with van der Waals surface area (Å²) in [6.45, 7) is 5.22. The second-order valence-corrected chi connectivity index (χ2v) is 6.91. The minimum absolute atomic E-state index is 0.0978. The van der Waals surface area contributed by atoms with E-state index in [1.165, 1.54) is 0 Å². The van der Waals surface area contributed by atoms with Crippen LogP contribution in [0.2, 0.25) is 0 Å². The van der Waals surface area contributed by atoms with Gasteiger partial charge >= 0.3 is 5.97 Å². The summed E-state index contributed by atoms with van der Waals surface area (Å²) in [6, 6.07) is 5.93. The van der Waals surface area contributed by atoms with Crippen molar-refractivity contribution in [1.82, 2.24) is 14.9 Å². The normalized spacial score (nSPS) is 18.2. The zero-order chi connectivity index (χ0) is 17.5. The van der Waals surface area contributed by atoms with E-state index in [1.807, 2.05) is 25.1 Å². The van der Waals surface area contributed by atoms with Gasteiger partial charge in [0, 0.05) is 43.3 Å². The van der Waals surface area contributed by atoms with Crippen LogP contribution in [-0.4, -0.2) is 53.2 Å². The predicted octanol–water partition coefficient (Wildman–Crippen LogP) is 2.28. The molecule has 7 heteroatoms. The van der Waals surface area contributed by atoms with Crippen LogP contribution in [0.5, 0.6) is 0 Å². The molecule has 0 bridgehead atoms. The molecule has 25 heavy (non-hydrogen) atoms. The van der Waals surface area contributed by atoms with E-state index in [0.717, 1.165) is 42.5 Å². The lowest BCUT2D eigenvalue weighted by Crippen LogP contribution is -2.43. The predicted molar refractivity (Wildman–Crippen MR) is 95.4 cm³/mol. The summed E-state index contributed by atoms with van der Waals surface area (Å²) in [7, 11) is 0. The van der Waals surface area contributed by atoms with Gasteiger partial charge in [-0.15, -0.1) is 11.3 Å². The second-order valence-electron chi connectivity index (χ2n) is 5.97. The van der Waals surface area contributed by atoms with Crippen LogP contribution < -0.4 is 0 Å². The van der Waals surface area contributed by atoms with Crippen molar-refractivity contribution in [3.8, 4) is 0 Å². The summed E-state index contributed by atoms with van der Waals surface area (Å²) in [5, 5.41) is 3.18. The number of nitrogens with zero attached hydrogens (tertiary/aromatic N) is 3. The number of rotatable bonds is 7. The average molecular weight is 361 g/mol. The van der Waals surface area contributed by atoms with E-state index in [9.17, 15) is 4.79 Å². The first-order valence-corrected chi connectivity index (χ1v) is 9.43. The number of hydrogen-bond donors (Lipinski definition) is 0. The van der Waals surface area contributed by atoms with Crippen molar-refractivity contribution in [2.24, 2.45) is 0 Å². The molecule has 1 saturated heterocycles. The van der Waals surface area contributed by atoms with Crippen LogP contribution in [0.3, 0.4) is 0 Å². The summed E-state index contributed by atoms with van der Waals surface area (Å²) < 4.78 is 10.7. The van der Waals surface area contributed by atoms with Crippen molar-refractivity contribution in [2.45, 2.75) is 32.4 Å². The first-order chi connectivity index (χ1) is 12.2. The van der Waals surface area contributed by atoms with E-state index in [0.29, 0.717) is 19.6 Å². The highest BCUT2D eigenvalue weighted by Gasteiger charge is 2.24. The molecule has 1 fully saturated rings. The number of pyridine rings is 1. The molecule has 0 radical (unpaired) electrons. The van der Waals surface area contributed by atoms with Gasteiger partial charge < -0.3 is 9.47 Å². The van der Waals surface area contributed by atoms with Crippen LogP contribution >= 0.6 is 11.3 Å². The van der Waals surface area contributed by atoms with E-state index >= 15 is 0 Å². The lowest BCUT2D eigenvalue weighted by Gasteiger charge is -2.32. The van der Waals surface area contributed by atoms with Crippen molar-refractivity contribution < 1.29 is 14.3 Å². The molecule has 3 heterocycles. The fraction of sp³-hybridized carbons (Fsp3) is 0.500. The largest absolute Gasteiger partial charge is 0.466 e. The third-order valence-electron chi connectivity index (χ3n) is 3.97. The Bertz CT molecular complexity index is 677. The first kappa shape index (κ1) is 18.0. The lowest BCUT2D eigenvalue weighted by molar-refractivity contribution is -0.148. The SMILES string of the molecule is CCOC(=O)C[C@H]1CN(Cc2csc(Cc3ccccn3)n2)CCO1. The van der Waals surface area contributed by atoms with Crippen LogP contribution in [0.1, 0.15) is 29.7 Å². The van der Waals surface area contributed by atoms with Crippen molar-refractivity contribution in [2.75, 3.05) is 26.3 Å². The number of carbonyl (C=O) groups is 1. The van der Waals surface area contributed by atoms with Gasteiger partial charge in [0.2, 0.25) is 0 Å². The molecule has 2 aromatic heterocycles. The minimum atomic E-state index is -0.194. The Labute approximate surface area is 151 Å². The van der Waals surface area contributed by atoms with E-state index in [2.05, 4.69) is 15.3 Å². The lowest BCUT2D eigenvalue weighted by atomic mass is 10.2. The molecule has 1 aliphatic heterocycles. The molecule has 6 nitrogen and oxygen atoms in total. The maximum absolute atomic E-state index is 11.6. The molecule has 0 aromatic carbocycles. The van der Waals surface area contributed by atoms with E-state index in [-0.39, 0.29) is 12.1 Å². The van der Waals surface area contributed by atoms with Gasteiger partial charge in [-0.2, -0.15) is 0 Å². The zero-order valence-corrected chi connectivity index (χ0v) is 15.2. The first-order valence-electron chi connectivity index (χ1n) is 8.55. The highest BCUT2D eigenvalue weighted by atomic mass is 32.1. The number of thiazole rings is 1. The highest BCUT2D eigenvalue weighted by Crippen LogP contribution is 2.17. The fourth-order valence-electron chi connectivity index (χ4n) is 2.84. The number of ether oxygens (including phenoxy) is 2. The van der Waals surface area contributed by atoms with Crippen LogP contribution in [-0.2, 0) is 27.2 Å². The molecule has 3 rings (SSSR count). The van der Waals surface area contributed by atoms with Crippen molar-refractivity contribution in [1.29, 1.82) is 0 Å². The average Bonchev–Trinajstić information content (AvgIpc) is 3.03. The van der Waals surface area contributed by atoms with Crippen molar-refractivity contribution >= 4 is 17.3 Å². The Kier molecular flexibility index (Phi) is 6.49. The molecule has 1 aliphatic rings. The van der Waals surface area contributed by atoms with Gasteiger partial charge in [-0.25, -0.2) is 4.98 Å². The Balaban J connectivity index is 1.51. The number of carbonyl (C=O) groups excluding carboxylic acids is 1. The van der Waals surface area contributed by atoms with Gasteiger partial charge in [0.15, 0.2) is 0 Å². The molecule has 0 aliphatic carbocycles. The van der Waals surface area contributed by atoms with Crippen molar-refractivity contribution in [3.05, 3.63) is 46.2 Å². The summed E-state index contributed by atoms with van der Waals surface area (Å²) in [6.07, 6.45) is 2.78. The van der Waals surface area contributed by atoms with E-state index in [4.69, 9.17) is 14.5 Å². The molecule has 0 unspecified atom stereocenters. The van der Waals surface area contributed by atoms with Gasteiger partial charge in [-0.3, -0.25) is 14.7 Å². The number of morpholine rings is 1. The number of hydrogen-bond acceptors (Lipinski definition) is 7. The molecule has 2 aromatic rings. The molecule has 0 spiro atoms. The molecular formula is C18H23N3O3S. The third kappa shape index (κ3) is 5.59. The quantitative estimate of drug-likeness (QED) is 0.705. The Morgan fingerprint density at radius 2 is 2.36 bits per heavy atom. The minimum Gasteiger partial charge on any atom is -0.466 e. The Morgan fingerprint density at radius 3 is 3.16 bits per heavy atom. The molecule has 0 N–H and O–H groups in total. The molecule has 134 valence electrons. The topological polar surface area (TPSA) is 64.5 Å². The smallest absolute Gasteiger partial charge is 0.308 e. The fourth-order valence-corrected chi connectivity index (χ4v) is 3.64. The highest BCUT2D eigenvalue weighted by molar-refractivity contribution is 7.09.